The van der Waals surface area contributed by atoms with Gasteiger partial charge in [-0.3, -0.25) is 0 Å². The number of carbonyl (C=O) groups is 1. The minimum absolute atomic E-state index is 0.0167. The Morgan fingerprint density at radius 2 is 1.23 bits per heavy atom. The first-order valence-electron chi connectivity index (χ1n) is 16.7. The molecule has 2 atom stereocenters. The van der Waals surface area contributed by atoms with Crippen LogP contribution in [0.1, 0.15) is 24.0 Å². The molecule has 0 saturated carbocycles. The first-order chi connectivity index (χ1) is 24.7. The zero-order chi connectivity index (χ0) is 37.1. The lowest BCUT2D eigenvalue weighted by atomic mass is 10.0. The van der Waals surface area contributed by atoms with Gasteiger partial charge in [0.2, 0.25) is 20.0 Å². The Kier molecular flexibility index (Phi) is 10.9. The average Bonchev–Trinajstić information content (AvgIpc) is 3.80. The second-order valence-corrected chi connectivity index (χ2v) is 16.5. The molecule has 7 rings (SSSR count). The van der Waals surface area contributed by atoms with Crippen LogP contribution in [-0.2, 0) is 32.8 Å². The maximum absolute atomic E-state index is 13.3. The van der Waals surface area contributed by atoms with Crippen LogP contribution in [0.25, 0.3) is 21.5 Å². The number of fused-ring (bicyclic) bond motifs is 2. The molecule has 2 heterocycles. The highest BCUT2D eigenvalue weighted by Gasteiger charge is 2.41. The first-order valence-corrected chi connectivity index (χ1v) is 19.5. The molecule has 2 aliphatic rings. The molecule has 0 radical (unpaired) electrons. The van der Waals surface area contributed by atoms with Crippen molar-refractivity contribution in [2.24, 2.45) is 5.73 Å². The van der Waals surface area contributed by atoms with E-state index in [4.69, 9.17) is 5.73 Å². The van der Waals surface area contributed by atoms with E-state index >= 15 is 0 Å². The molecule has 2 amide bonds. The van der Waals surface area contributed by atoms with Gasteiger partial charge >= 0.3 is 12.2 Å². The summed E-state index contributed by atoms with van der Waals surface area (Å²) in [6.07, 6.45) is -3.76. The van der Waals surface area contributed by atoms with Gasteiger partial charge in [-0.1, -0.05) is 91.0 Å². The van der Waals surface area contributed by atoms with Crippen molar-refractivity contribution in [3.63, 3.8) is 0 Å². The molecule has 52 heavy (non-hydrogen) atoms. The SMILES string of the molecule is NC1CCN(S(=O)(=O)c2cccc3ccccc23)C1.O=C(NCc1cccc2ccccc12)NC1CCN(S(=O)(=O)c2ccccc2C(F)(F)F)C1. The molecule has 2 fully saturated rings. The van der Waals surface area contributed by atoms with Gasteiger partial charge in [-0.15, -0.1) is 0 Å². The van der Waals surface area contributed by atoms with Crippen LogP contribution in [-0.4, -0.2) is 69.7 Å². The van der Waals surface area contributed by atoms with E-state index in [-0.39, 0.29) is 25.7 Å². The molecule has 2 unspecified atom stereocenters. The van der Waals surface area contributed by atoms with Gasteiger partial charge in [-0.2, -0.15) is 21.8 Å². The van der Waals surface area contributed by atoms with E-state index in [0.717, 1.165) is 56.0 Å². The second kappa shape index (κ2) is 15.2. The largest absolute Gasteiger partial charge is 0.417 e. The fraction of sp³-hybridized carbons (Fsp3) is 0.270. The minimum Gasteiger partial charge on any atom is -0.334 e. The lowest BCUT2D eigenvalue weighted by Gasteiger charge is -2.20. The number of benzene rings is 5. The van der Waals surface area contributed by atoms with E-state index in [1.807, 2.05) is 72.8 Å². The number of hydrogen-bond acceptors (Lipinski definition) is 6. The van der Waals surface area contributed by atoms with E-state index in [0.29, 0.717) is 24.4 Å². The number of sulfonamides is 2. The number of carbonyl (C=O) groups excluding carboxylic acids is 1. The zero-order valence-corrected chi connectivity index (χ0v) is 29.6. The summed E-state index contributed by atoms with van der Waals surface area (Å²) in [5.74, 6) is 0. The number of amides is 2. The van der Waals surface area contributed by atoms with Crippen LogP contribution < -0.4 is 16.4 Å². The molecule has 274 valence electrons. The van der Waals surface area contributed by atoms with Crippen molar-refractivity contribution in [1.82, 2.24) is 19.2 Å². The Labute approximate surface area is 300 Å². The van der Waals surface area contributed by atoms with Crippen LogP contribution >= 0.6 is 0 Å². The second-order valence-electron chi connectivity index (χ2n) is 12.7. The Hall–Kier alpha value is -4.54. The van der Waals surface area contributed by atoms with Crippen LogP contribution in [0.2, 0.25) is 0 Å². The van der Waals surface area contributed by atoms with Gasteiger partial charge in [-0.25, -0.2) is 21.6 Å². The van der Waals surface area contributed by atoms with Gasteiger partial charge in [0.25, 0.3) is 0 Å². The molecule has 2 aliphatic heterocycles. The zero-order valence-electron chi connectivity index (χ0n) is 28.0. The van der Waals surface area contributed by atoms with Gasteiger partial charge in [0, 0.05) is 50.2 Å². The summed E-state index contributed by atoms with van der Waals surface area (Å²) in [4.78, 5) is 12.0. The number of nitrogens with one attached hydrogen (secondary N) is 2. The molecule has 4 N–H and O–H groups in total. The van der Waals surface area contributed by atoms with Crippen LogP contribution in [0.3, 0.4) is 0 Å². The Morgan fingerprint density at radius 3 is 1.92 bits per heavy atom. The Balaban J connectivity index is 0.000000206. The van der Waals surface area contributed by atoms with E-state index in [1.165, 1.54) is 10.4 Å². The van der Waals surface area contributed by atoms with E-state index < -0.39 is 48.8 Å². The Bertz CT molecular complexity index is 2290. The summed E-state index contributed by atoms with van der Waals surface area (Å²) in [7, 11) is -7.80. The number of hydrogen-bond donors (Lipinski definition) is 3. The van der Waals surface area contributed by atoms with Crippen molar-refractivity contribution < 1.29 is 34.8 Å². The number of urea groups is 1. The van der Waals surface area contributed by atoms with Gasteiger partial charge in [0.1, 0.15) is 0 Å². The summed E-state index contributed by atoms with van der Waals surface area (Å²) >= 11 is 0. The quantitative estimate of drug-likeness (QED) is 0.195. The number of rotatable bonds is 7. The number of alkyl halides is 3. The van der Waals surface area contributed by atoms with Crippen molar-refractivity contribution in [1.29, 1.82) is 0 Å². The van der Waals surface area contributed by atoms with Gasteiger partial charge in [-0.05, 0) is 52.8 Å². The molecule has 5 aromatic carbocycles. The number of nitrogens with two attached hydrogens (primary N) is 1. The summed E-state index contributed by atoms with van der Waals surface area (Å²) in [5.41, 5.74) is 5.54. The van der Waals surface area contributed by atoms with Crippen molar-refractivity contribution in [3.8, 4) is 0 Å². The smallest absolute Gasteiger partial charge is 0.334 e. The monoisotopic (exact) mass is 753 g/mol. The maximum Gasteiger partial charge on any atom is 0.417 e. The number of halogens is 3. The number of nitrogens with zero attached hydrogens (tertiary/aromatic N) is 2. The molecular weight excluding hydrogens is 716 g/mol. The molecule has 0 aliphatic carbocycles. The van der Waals surface area contributed by atoms with Crippen molar-refractivity contribution in [2.45, 2.75) is 47.4 Å². The molecule has 10 nitrogen and oxygen atoms in total. The van der Waals surface area contributed by atoms with Crippen molar-refractivity contribution in [2.75, 3.05) is 26.2 Å². The third-order valence-electron chi connectivity index (χ3n) is 9.17. The fourth-order valence-corrected chi connectivity index (χ4v) is 9.96. The molecule has 0 bridgehead atoms. The van der Waals surface area contributed by atoms with Crippen LogP contribution in [0, 0.1) is 0 Å². The van der Waals surface area contributed by atoms with E-state index in [2.05, 4.69) is 10.6 Å². The molecule has 2 saturated heterocycles. The predicted octanol–water partition coefficient (Wildman–Crippen LogP) is 5.68. The van der Waals surface area contributed by atoms with Crippen LogP contribution in [0.4, 0.5) is 18.0 Å². The lowest BCUT2D eigenvalue weighted by molar-refractivity contribution is -0.139. The molecular formula is C37H38F3N5O5S2. The normalized spacial score (nSPS) is 18.6. The molecule has 15 heteroatoms. The lowest BCUT2D eigenvalue weighted by Crippen LogP contribution is -2.43. The first kappa shape index (κ1) is 37.2. The van der Waals surface area contributed by atoms with Crippen LogP contribution in [0.5, 0.6) is 0 Å². The predicted molar refractivity (Wildman–Crippen MR) is 193 cm³/mol. The van der Waals surface area contributed by atoms with E-state index in [9.17, 15) is 34.8 Å². The topological polar surface area (TPSA) is 142 Å². The summed E-state index contributed by atoms with van der Waals surface area (Å²) in [6, 6.07) is 29.5. The summed E-state index contributed by atoms with van der Waals surface area (Å²) < 4.78 is 93.4. The highest BCUT2D eigenvalue weighted by molar-refractivity contribution is 7.89. The highest BCUT2D eigenvalue weighted by Crippen LogP contribution is 2.36. The third-order valence-corrected chi connectivity index (χ3v) is 13.0. The minimum atomic E-state index is -4.79. The molecule has 0 spiro atoms. The van der Waals surface area contributed by atoms with Gasteiger partial charge < -0.3 is 16.4 Å². The van der Waals surface area contributed by atoms with Crippen LogP contribution in [0.15, 0.2) is 119 Å². The van der Waals surface area contributed by atoms with Gasteiger partial charge in [0.05, 0.1) is 15.4 Å². The molecule has 5 aromatic rings. The van der Waals surface area contributed by atoms with Crippen molar-refractivity contribution in [3.05, 3.63) is 120 Å². The molecule has 0 aromatic heterocycles. The third kappa shape index (κ3) is 8.08. The highest BCUT2D eigenvalue weighted by atomic mass is 32.2. The van der Waals surface area contributed by atoms with Crippen molar-refractivity contribution >= 4 is 47.6 Å². The summed E-state index contributed by atoms with van der Waals surface area (Å²) in [5, 5.41) is 9.25. The Morgan fingerprint density at radius 1 is 0.692 bits per heavy atom. The summed E-state index contributed by atoms with van der Waals surface area (Å²) in [6.45, 7) is 1.11. The van der Waals surface area contributed by atoms with E-state index in [1.54, 1.807) is 12.1 Å². The van der Waals surface area contributed by atoms with Gasteiger partial charge in [0.15, 0.2) is 0 Å². The fourth-order valence-electron chi connectivity index (χ4n) is 6.52. The maximum atomic E-state index is 13.3. The standard InChI is InChI=1S/C23H22F3N3O3S.C14H16N2O2S/c24-23(25,26)20-10-3-4-11-21(20)33(31,32)29-13-12-18(15-29)28-22(30)27-14-17-8-5-7-16-6-1-2-9-19(16)17;15-12-8-9-16(10-12)19(17,18)14-7-3-5-11-4-1-2-6-13(11)14/h1-11,18H,12-15H2,(H2,27,28,30);1-7,12H,8-10,15H2. The average molecular weight is 754 g/mol.